The van der Waals surface area contributed by atoms with E-state index in [2.05, 4.69) is 54.6 Å². The van der Waals surface area contributed by atoms with Crippen LogP contribution in [0.4, 0.5) is 0 Å². The molecule has 1 N–H and O–H groups in total. The van der Waals surface area contributed by atoms with Crippen LogP contribution < -0.4 is 5.46 Å². The molecule has 0 unspecified atom stereocenters. The lowest BCUT2D eigenvalue weighted by molar-refractivity contribution is -0.0893. The minimum atomic E-state index is -0.969. The quantitative estimate of drug-likeness (QED) is 0.343. The van der Waals surface area contributed by atoms with Gasteiger partial charge in [-0.2, -0.15) is 0 Å². The van der Waals surface area contributed by atoms with E-state index in [-0.39, 0.29) is 0 Å². The van der Waals surface area contributed by atoms with Gasteiger partial charge in [-0.25, -0.2) is 0 Å². The first-order valence-corrected chi connectivity index (χ1v) is 10.9. The van der Waals surface area contributed by atoms with Crippen molar-refractivity contribution in [1.82, 2.24) is 0 Å². The van der Waals surface area contributed by atoms with Crippen molar-refractivity contribution in [3.8, 4) is 11.1 Å². The molecule has 0 aliphatic heterocycles. The Labute approximate surface area is 188 Å². The molecule has 5 aromatic rings. The van der Waals surface area contributed by atoms with Crippen LogP contribution in [0, 0.1) is 0 Å². The van der Waals surface area contributed by atoms with Gasteiger partial charge in [0.1, 0.15) is 11.2 Å². The van der Waals surface area contributed by atoms with Crippen molar-refractivity contribution in [2.24, 2.45) is 0 Å². The number of fused-ring (bicyclic) bond motifs is 5. The van der Waals surface area contributed by atoms with Gasteiger partial charge in [0.15, 0.2) is 0 Å². The SMILES string of the molecule is CC(C)(O)C(C)(C)O[B]c1cccc(-c2cccc3oc4ccc5ccccc5c4c23)c1. The number of rotatable bonds is 5. The summed E-state index contributed by atoms with van der Waals surface area (Å²) in [5.41, 5.74) is 3.23. The molecule has 0 bridgehead atoms. The van der Waals surface area contributed by atoms with Gasteiger partial charge in [-0.05, 0) is 61.7 Å². The third-order valence-corrected chi connectivity index (χ3v) is 6.55. The average molecular weight is 421 g/mol. The summed E-state index contributed by atoms with van der Waals surface area (Å²) in [7, 11) is 1.73. The molecule has 0 aliphatic carbocycles. The molecule has 4 heteroatoms. The van der Waals surface area contributed by atoms with Crippen molar-refractivity contribution in [2.45, 2.75) is 38.9 Å². The molecule has 32 heavy (non-hydrogen) atoms. The highest BCUT2D eigenvalue weighted by Gasteiger charge is 2.35. The van der Waals surface area contributed by atoms with E-state index in [1.165, 1.54) is 10.8 Å². The van der Waals surface area contributed by atoms with Gasteiger partial charge in [0.2, 0.25) is 0 Å². The fourth-order valence-electron chi connectivity index (χ4n) is 3.97. The largest absolute Gasteiger partial charge is 0.456 e. The van der Waals surface area contributed by atoms with Gasteiger partial charge in [-0.15, -0.1) is 0 Å². The average Bonchev–Trinajstić information content (AvgIpc) is 3.16. The van der Waals surface area contributed by atoms with E-state index in [0.29, 0.717) is 0 Å². The molecule has 0 atom stereocenters. The lowest BCUT2D eigenvalue weighted by Crippen LogP contribution is -2.49. The monoisotopic (exact) mass is 421 g/mol. The minimum Gasteiger partial charge on any atom is -0.456 e. The molecule has 3 nitrogen and oxygen atoms in total. The topological polar surface area (TPSA) is 42.6 Å². The Balaban J connectivity index is 1.63. The van der Waals surface area contributed by atoms with Gasteiger partial charge < -0.3 is 14.2 Å². The van der Waals surface area contributed by atoms with Gasteiger partial charge >= 0.3 is 7.48 Å². The normalized spacial score (nSPS) is 12.7. The molecule has 4 aromatic carbocycles. The van der Waals surface area contributed by atoms with E-state index in [0.717, 1.165) is 38.5 Å². The molecule has 0 saturated heterocycles. The number of benzene rings is 4. The van der Waals surface area contributed by atoms with Gasteiger partial charge in [0.25, 0.3) is 0 Å². The summed E-state index contributed by atoms with van der Waals surface area (Å²) in [5.74, 6) is 0. The van der Waals surface area contributed by atoms with E-state index < -0.39 is 11.2 Å². The van der Waals surface area contributed by atoms with Crippen LogP contribution in [0.3, 0.4) is 0 Å². The molecule has 0 amide bonds. The molecule has 159 valence electrons. The van der Waals surface area contributed by atoms with Crippen LogP contribution in [-0.2, 0) is 4.65 Å². The lowest BCUT2D eigenvalue weighted by Gasteiger charge is -2.37. The Morgan fingerprint density at radius 1 is 0.781 bits per heavy atom. The van der Waals surface area contributed by atoms with Gasteiger partial charge in [0.05, 0.1) is 11.2 Å². The summed E-state index contributed by atoms with van der Waals surface area (Å²) in [6, 6.07) is 27.0. The zero-order valence-corrected chi connectivity index (χ0v) is 18.8. The second-order valence-electron chi connectivity index (χ2n) is 9.37. The maximum absolute atomic E-state index is 10.4. The maximum atomic E-state index is 10.4. The van der Waals surface area contributed by atoms with Gasteiger partial charge in [-0.1, -0.05) is 72.2 Å². The Hall–Kier alpha value is -3.08. The van der Waals surface area contributed by atoms with Crippen molar-refractivity contribution in [2.75, 3.05) is 0 Å². The zero-order chi connectivity index (χ0) is 22.5. The molecular weight excluding hydrogens is 395 g/mol. The molecular formula is C28H26BO3. The molecule has 1 aromatic heterocycles. The first-order chi connectivity index (χ1) is 15.2. The molecule has 0 aliphatic rings. The Bertz CT molecular complexity index is 1440. The summed E-state index contributed by atoms with van der Waals surface area (Å²) in [6.07, 6.45) is 0. The lowest BCUT2D eigenvalue weighted by atomic mass is 9.81. The number of hydrogen-bond donors (Lipinski definition) is 1. The Kier molecular flexibility index (Phi) is 4.88. The summed E-state index contributed by atoms with van der Waals surface area (Å²) < 4.78 is 12.2. The summed E-state index contributed by atoms with van der Waals surface area (Å²) in [5, 5.41) is 15.0. The van der Waals surface area contributed by atoms with Gasteiger partial charge in [-0.3, -0.25) is 0 Å². The highest BCUT2D eigenvalue weighted by Crippen LogP contribution is 2.39. The van der Waals surface area contributed by atoms with Crippen LogP contribution in [-0.4, -0.2) is 23.8 Å². The molecule has 0 spiro atoms. The third kappa shape index (κ3) is 3.50. The minimum absolute atomic E-state index is 0.720. The Morgan fingerprint density at radius 2 is 1.53 bits per heavy atom. The van der Waals surface area contributed by atoms with Crippen LogP contribution in [0.2, 0.25) is 0 Å². The first-order valence-electron chi connectivity index (χ1n) is 10.9. The number of furan rings is 1. The van der Waals surface area contributed by atoms with Crippen LogP contribution in [0.15, 0.2) is 83.3 Å². The van der Waals surface area contributed by atoms with Crippen molar-refractivity contribution in [1.29, 1.82) is 0 Å². The number of aliphatic hydroxyl groups is 1. The molecule has 5 rings (SSSR count). The standard InChI is InChI=1S/C28H26BO3/c1-27(2,30)28(3,4)32-29-20-11-7-10-19(17-20)22-13-8-14-23-26(22)25-21-12-6-5-9-18(21)15-16-24(25)31-23/h5-17,30H,1-4H3. The number of hydrogen-bond acceptors (Lipinski definition) is 3. The summed E-state index contributed by atoms with van der Waals surface area (Å²) >= 11 is 0. The van der Waals surface area contributed by atoms with Gasteiger partial charge in [0, 0.05) is 10.8 Å². The molecule has 1 radical (unpaired) electrons. The second kappa shape index (κ2) is 7.51. The van der Waals surface area contributed by atoms with Crippen molar-refractivity contribution >= 4 is 45.7 Å². The fourth-order valence-corrected chi connectivity index (χ4v) is 3.97. The predicted molar refractivity (Wildman–Crippen MR) is 134 cm³/mol. The molecule has 1 heterocycles. The summed E-state index contributed by atoms with van der Waals surface area (Å²) in [4.78, 5) is 0. The third-order valence-electron chi connectivity index (χ3n) is 6.55. The van der Waals surface area contributed by atoms with Crippen LogP contribution in [0.5, 0.6) is 0 Å². The smallest absolute Gasteiger partial charge is 0.330 e. The van der Waals surface area contributed by atoms with Crippen LogP contribution in [0.1, 0.15) is 27.7 Å². The van der Waals surface area contributed by atoms with Crippen LogP contribution in [0.25, 0.3) is 43.8 Å². The maximum Gasteiger partial charge on any atom is 0.330 e. The molecule has 0 fully saturated rings. The van der Waals surface area contributed by atoms with Crippen molar-refractivity contribution in [3.63, 3.8) is 0 Å². The highest BCUT2D eigenvalue weighted by molar-refractivity contribution is 6.47. The van der Waals surface area contributed by atoms with Crippen LogP contribution >= 0.6 is 0 Å². The predicted octanol–water partition coefficient (Wildman–Crippen LogP) is 6.22. The van der Waals surface area contributed by atoms with E-state index in [1.54, 1.807) is 21.3 Å². The van der Waals surface area contributed by atoms with Crippen molar-refractivity contribution < 1.29 is 14.2 Å². The fraction of sp³-hybridized carbons (Fsp3) is 0.214. The van der Waals surface area contributed by atoms with E-state index >= 15 is 0 Å². The zero-order valence-electron chi connectivity index (χ0n) is 18.8. The van der Waals surface area contributed by atoms with E-state index in [1.807, 2.05) is 38.1 Å². The Morgan fingerprint density at radius 3 is 2.34 bits per heavy atom. The first kappa shape index (κ1) is 20.8. The van der Waals surface area contributed by atoms with E-state index in [4.69, 9.17) is 9.07 Å². The van der Waals surface area contributed by atoms with E-state index in [9.17, 15) is 5.11 Å². The van der Waals surface area contributed by atoms with Crippen molar-refractivity contribution in [3.05, 3.63) is 78.9 Å². The summed E-state index contributed by atoms with van der Waals surface area (Å²) in [6.45, 7) is 7.28. The second-order valence-corrected chi connectivity index (χ2v) is 9.37. The molecule has 0 saturated carbocycles. The highest BCUT2D eigenvalue weighted by atomic mass is 16.5.